The van der Waals surface area contributed by atoms with Crippen molar-refractivity contribution < 1.29 is 9.59 Å². The quantitative estimate of drug-likeness (QED) is 0.474. The first-order valence-corrected chi connectivity index (χ1v) is 14.0. The van der Waals surface area contributed by atoms with Gasteiger partial charge in [0.05, 0.1) is 16.8 Å². The summed E-state index contributed by atoms with van der Waals surface area (Å²) in [6.45, 7) is 7.53. The number of hydrogen-bond donors (Lipinski definition) is 0. The maximum absolute atomic E-state index is 13.4. The summed E-state index contributed by atoms with van der Waals surface area (Å²) < 4.78 is 3.97. The van der Waals surface area contributed by atoms with Crippen LogP contribution in [-0.4, -0.2) is 71.2 Å². The van der Waals surface area contributed by atoms with E-state index < -0.39 is 0 Å². The molecule has 0 N–H and O–H groups in total. The van der Waals surface area contributed by atoms with Gasteiger partial charge >= 0.3 is 0 Å². The van der Waals surface area contributed by atoms with E-state index in [1.54, 1.807) is 0 Å². The van der Waals surface area contributed by atoms with E-state index in [0.29, 0.717) is 22.7 Å². The van der Waals surface area contributed by atoms with Gasteiger partial charge in [-0.2, -0.15) is 0 Å². The number of aromatic nitrogens is 4. The molecule has 3 aromatic rings. The standard InChI is InChI=1S/C26H36N6O2S/c1-4-20-12-7-8-15-29(20)24(34)17-35-26-28-27-25-30(21-13-5-6-14-22(21)32(25)26)16-23(33)31-18(2)10-9-11-19(31)3/h5-6,13-14,18-20H,4,7-12,15-17H2,1-3H3/t18-,19-,20-/m1/s1. The zero-order chi connectivity index (χ0) is 24.5. The van der Waals surface area contributed by atoms with Gasteiger partial charge in [0.15, 0.2) is 5.16 Å². The number of piperidine rings is 2. The van der Waals surface area contributed by atoms with Crippen LogP contribution < -0.4 is 0 Å². The molecule has 2 amide bonds. The molecule has 0 saturated carbocycles. The fourth-order valence-corrected chi connectivity index (χ4v) is 6.80. The third kappa shape index (κ3) is 4.55. The Kier molecular flexibility index (Phi) is 7.05. The Bertz CT molecular complexity index is 1210. The van der Waals surface area contributed by atoms with Crippen molar-refractivity contribution in [2.24, 2.45) is 0 Å². The zero-order valence-electron chi connectivity index (χ0n) is 21.0. The topological polar surface area (TPSA) is 75.7 Å². The van der Waals surface area contributed by atoms with E-state index in [-0.39, 0.29) is 30.4 Å². The highest BCUT2D eigenvalue weighted by Crippen LogP contribution is 2.29. The van der Waals surface area contributed by atoms with Crippen molar-refractivity contribution in [3.63, 3.8) is 0 Å². The third-order valence-electron chi connectivity index (χ3n) is 7.79. The number of benzene rings is 1. The number of hydrogen-bond acceptors (Lipinski definition) is 5. The molecule has 8 nitrogen and oxygen atoms in total. The number of thioether (sulfide) groups is 1. The average Bonchev–Trinajstić information content (AvgIpc) is 3.41. The summed E-state index contributed by atoms with van der Waals surface area (Å²) in [7, 11) is 0. The van der Waals surface area contributed by atoms with Gasteiger partial charge in [-0.05, 0) is 70.9 Å². The molecule has 2 aliphatic heterocycles. The van der Waals surface area contributed by atoms with Crippen LogP contribution in [0.2, 0.25) is 0 Å². The molecular weight excluding hydrogens is 460 g/mol. The van der Waals surface area contributed by atoms with Crippen LogP contribution in [0.1, 0.15) is 65.7 Å². The van der Waals surface area contributed by atoms with Gasteiger partial charge in [-0.1, -0.05) is 30.8 Å². The lowest BCUT2D eigenvalue weighted by atomic mass is 9.97. The Balaban J connectivity index is 1.41. The van der Waals surface area contributed by atoms with E-state index in [0.717, 1.165) is 49.7 Å². The van der Waals surface area contributed by atoms with Crippen molar-refractivity contribution in [1.29, 1.82) is 0 Å². The van der Waals surface area contributed by atoms with Crippen LogP contribution in [0.4, 0.5) is 0 Å². The molecule has 2 fully saturated rings. The Morgan fingerprint density at radius 3 is 2.46 bits per heavy atom. The maximum Gasteiger partial charge on any atom is 0.243 e. The Hall–Kier alpha value is -2.55. The van der Waals surface area contributed by atoms with Crippen LogP contribution in [0.3, 0.4) is 0 Å². The van der Waals surface area contributed by atoms with Crippen molar-refractivity contribution in [2.75, 3.05) is 12.3 Å². The van der Waals surface area contributed by atoms with Crippen molar-refractivity contribution in [1.82, 2.24) is 29.0 Å². The highest BCUT2D eigenvalue weighted by atomic mass is 32.2. The first kappa shape index (κ1) is 24.2. The first-order valence-electron chi connectivity index (χ1n) is 13.0. The second kappa shape index (κ2) is 10.2. The minimum absolute atomic E-state index is 0.121. The maximum atomic E-state index is 13.4. The summed E-state index contributed by atoms with van der Waals surface area (Å²) in [5, 5.41) is 9.60. The molecule has 0 bridgehead atoms. The number of rotatable bonds is 6. The van der Waals surface area contributed by atoms with Gasteiger partial charge in [-0.3, -0.25) is 18.6 Å². The fraction of sp³-hybridized carbons (Fsp3) is 0.615. The molecule has 0 unspecified atom stereocenters. The summed E-state index contributed by atoms with van der Waals surface area (Å²) in [6, 6.07) is 8.88. The van der Waals surface area contributed by atoms with E-state index >= 15 is 0 Å². The largest absolute Gasteiger partial charge is 0.339 e. The van der Waals surface area contributed by atoms with E-state index in [9.17, 15) is 9.59 Å². The van der Waals surface area contributed by atoms with Crippen LogP contribution in [0.5, 0.6) is 0 Å². The lowest BCUT2D eigenvalue weighted by Crippen LogP contribution is -2.48. The highest BCUT2D eigenvalue weighted by molar-refractivity contribution is 7.99. The smallest absolute Gasteiger partial charge is 0.243 e. The first-order chi connectivity index (χ1) is 17.0. The van der Waals surface area contributed by atoms with Crippen LogP contribution >= 0.6 is 11.8 Å². The fourth-order valence-electron chi connectivity index (χ4n) is 5.98. The summed E-state index contributed by atoms with van der Waals surface area (Å²) >= 11 is 1.44. The number of imidazole rings is 1. The molecule has 2 aromatic heterocycles. The number of likely N-dealkylation sites (tertiary alicyclic amines) is 2. The number of nitrogens with zero attached hydrogens (tertiary/aromatic N) is 6. The zero-order valence-corrected chi connectivity index (χ0v) is 21.8. The molecular formula is C26H36N6O2S. The second-order valence-corrected chi connectivity index (χ2v) is 11.0. The molecule has 0 radical (unpaired) electrons. The number of carbonyl (C=O) groups excluding carboxylic acids is 2. The van der Waals surface area contributed by atoms with E-state index in [1.165, 1.54) is 24.6 Å². The molecule has 9 heteroatoms. The molecule has 35 heavy (non-hydrogen) atoms. The third-order valence-corrected chi connectivity index (χ3v) is 8.70. The second-order valence-electron chi connectivity index (χ2n) is 10.1. The molecule has 5 rings (SSSR count). The Morgan fingerprint density at radius 2 is 1.71 bits per heavy atom. The van der Waals surface area contributed by atoms with Crippen molar-refractivity contribution in [2.45, 2.75) is 95.5 Å². The monoisotopic (exact) mass is 496 g/mol. The minimum atomic E-state index is 0.121. The lowest BCUT2D eigenvalue weighted by molar-refractivity contribution is -0.137. The van der Waals surface area contributed by atoms with Crippen LogP contribution in [0.25, 0.3) is 16.8 Å². The van der Waals surface area contributed by atoms with Gasteiger partial charge in [0.25, 0.3) is 0 Å². The average molecular weight is 497 g/mol. The molecule has 1 aromatic carbocycles. The van der Waals surface area contributed by atoms with Gasteiger partial charge in [0.2, 0.25) is 17.6 Å². The van der Waals surface area contributed by atoms with Crippen molar-refractivity contribution in [3.8, 4) is 0 Å². The molecule has 4 heterocycles. The predicted octanol–water partition coefficient (Wildman–Crippen LogP) is 4.36. The van der Waals surface area contributed by atoms with Crippen LogP contribution in [-0.2, 0) is 16.1 Å². The summed E-state index contributed by atoms with van der Waals surface area (Å²) in [5.74, 6) is 1.29. The van der Waals surface area contributed by atoms with Gasteiger partial charge in [0.1, 0.15) is 6.54 Å². The SMILES string of the molecule is CC[C@@H]1CCCCN1C(=O)CSc1nnc2n(CC(=O)N3[C@H](C)CCC[C@H]3C)c3ccccc3n12. The molecule has 0 spiro atoms. The molecule has 2 aliphatic rings. The summed E-state index contributed by atoms with van der Waals surface area (Å²) in [6.07, 6.45) is 7.65. The van der Waals surface area contributed by atoms with Crippen LogP contribution in [0.15, 0.2) is 29.4 Å². The minimum Gasteiger partial charge on any atom is -0.339 e. The lowest BCUT2D eigenvalue weighted by Gasteiger charge is -2.39. The number of amides is 2. The molecule has 0 aliphatic carbocycles. The number of fused-ring (bicyclic) bond motifs is 3. The summed E-state index contributed by atoms with van der Waals surface area (Å²) in [4.78, 5) is 30.6. The summed E-state index contributed by atoms with van der Waals surface area (Å²) in [5.41, 5.74) is 1.91. The highest BCUT2D eigenvalue weighted by Gasteiger charge is 2.30. The van der Waals surface area contributed by atoms with Gasteiger partial charge in [-0.15, -0.1) is 10.2 Å². The van der Waals surface area contributed by atoms with Gasteiger partial charge in [0, 0.05) is 24.7 Å². The van der Waals surface area contributed by atoms with E-state index in [2.05, 4.69) is 35.9 Å². The Morgan fingerprint density at radius 1 is 0.971 bits per heavy atom. The molecule has 188 valence electrons. The Labute approximate surface area is 211 Å². The van der Waals surface area contributed by atoms with Crippen molar-refractivity contribution >= 4 is 40.4 Å². The van der Waals surface area contributed by atoms with Gasteiger partial charge < -0.3 is 9.80 Å². The number of carbonyl (C=O) groups is 2. The van der Waals surface area contributed by atoms with Gasteiger partial charge in [-0.25, -0.2) is 0 Å². The van der Waals surface area contributed by atoms with E-state index in [4.69, 9.17) is 0 Å². The van der Waals surface area contributed by atoms with Crippen molar-refractivity contribution in [3.05, 3.63) is 24.3 Å². The normalized spacial score (nSPS) is 23.3. The van der Waals surface area contributed by atoms with E-state index in [1.807, 2.05) is 38.1 Å². The van der Waals surface area contributed by atoms with Crippen LogP contribution in [0, 0.1) is 0 Å². The predicted molar refractivity (Wildman–Crippen MR) is 138 cm³/mol. The molecule has 3 atom stereocenters. The molecule has 2 saturated heterocycles. The number of para-hydroxylation sites is 2.